The highest BCUT2D eigenvalue weighted by molar-refractivity contribution is 5.83. The molecule has 57 heavy (non-hydrogen) atoms. The molecule has 4 aliphatic heterocycles. The molecule has 0 bridgehead atoms. The average Bonchev–Trinajstić information content (AvgIpc) is 3.15. The number of aliphatic hydroxyl groups is 12. The van der Waals surface area contributed by atoms with Crippen LogP contribution in [-0.2, 0) is 23.9 Å². The van der Waals surface area contributed by atoms with E-state index < -0.39 is 90.8 Å². The quantitative estimate of drug-likeness (QED) is 0.122. The highest BCUT2D eigenvalue weighted by atomic mass is 16.5. The highest BCUT2D eigenvalue weighted by Crippen LogP contribution is 2.20. The van der Waals surface area contributed by atoms with E-state index in [1.807, 2.05) is 12.1 Å². The molecule has 0 aromatic rings. The molecule has 4 fully saturated rings. The summed E-state index contributed by atoms with van der Waals surface area (Å²) in [5.41, 5.74) is 0. The molecule has 0 saturated carbocycles. The van der Waals surface area contributed by atoms with E-state index in [4.69, 9.17) is 70.8 Å². The molecule has 0 unspecified atom stereocenters. The van der Waals surface area contributed by atoms with Gasteiger partial charge in [0.15, 0.2) is 12.2 Å². The van der Waals surface area contributed by atoms with Gasteiger partial charge in [-0.1, -0.05) is 7.43 Å². The summed E-state index contributed by atoms with van der Waals surface area (Å²) in [4.78, 5) is 28.5. The molecule has 334 valence electrons. The molecular weight excluding hydrogens is 772 g/mol. The Morgan fingerprint density at radius 2 is 0.895 bits per heavy atom. The number of rotatable bonds is 5. The van der Waals surface area contributed by atoms with Gasteiger partial charge in [-0.05, 0) is 13.8 Å². The Labute approximate surface area is 329 Å². The summed E-state index contributed by atoms with van der Waals surface area (Å²) >= 11 is 0. The Hall–Kier alpha value is -3.25. The summed E-state index contributed by atoms with van der Waals surface area (Å²) in [6, 6.07) is 3.74. The number of carbonyl (C=O) groups is 3. The first-order valence-electron chi connectivity index (χ1n) is 17.1. The normalized spacial score (nSPS) is 35.2. The molecule has 4 rings (SSSR count). The van der Waals surface area contributed by atoms with Crippen LogP contribution in [0.4, 0.5) is 0 Å². The molecule has 4 saturated heterocycles. The van der Waals surface area contributed by atoms with E-state index in [0.717, 1.165) is 6.92 Å². The molecule has 0 radical (unpaired) electrons. The monoisotopic (exact) mass is 834 g/mol. The predicted octanol–water partition coefficient (Wildman–Crippen LogP) is -7.02. The van der Waals surface area contributed by atoms with Crippen LogP contribution in [0.1, 0.15) is 28.2 Å². The second-order valence-corrected chi connectivity index (χ2v) is 12.9. The predicted molar refractivity (Wildman–Crippen MR) is 191 cm³/mol. The van der Waals surface area contributed by atoms with Gasteiger partial charge in [0, 0.05) is 58.2 Å². The van der Waals surface area contributed by atoms with E-state index in [1.54, 1.807) is 13.8 Å². The van der Waals surface area contributed by atoms with Crippen molar-refractivity contribution in [3.05, 3.63) is 0 Å². The molecule has 4 aliphatic rings. The molecule has 16 atom stereocenters. The van der Waals surface area contributed by atoms with Crippen LogP contribution in [0.25, 0.3) is 0 Å². The largest absolute Gasteiger partial charge is 0.481 e. The zero-order valence-corrected chi connectivity index (χ0v) is 31.0. The number of β-amino-alcohol motifs (C(OH)–C–C–N with tert-alkyl or cyclic N) is 2. The van der Waals surface area contributed by atoms with Crippen LogP contribution in [0.15, 0.2) is 0 Å². The SMILES string of the molecule is C.CC(=O)O.C[C@@H]1OC[C@@H](C#N)[C@@H](O)[C@@H]1O.C[C@@H]1OC[C@@H](C#N)[C@@H](O)[C@@H]1O.O=C(O)[C@H](O)[C@@H](O)C(=O)O.OC[C@H]1CNC[C@@H](O)[C@@H]1O.OC[C@H]1CNC[C@@H](O)[C@@H]1O. The van der Waals surface area contributed by atoms with Crippen molar-refractivity contribution in [2.45, 2.75) is 101 Å². The van der Waals surface area contributed by atoms with Gasteiger partial charge in [-0.15, -0.1) is 0 Å². The van der Waals surface area contributed by atoms with Gasteiger partial charge in [-0.3, -0.25) is 4.79 Å². The minimum atomic E-state index is -2.27. The number of carboxylic acids is 3. The molecule has 0 amide bonds. The summed E-state index contributed by atoms with van der Waals surface area (Å²) < 4.78 is 10.1. The maximum atomic E-state index is 9.77. The first-order chi connectivity index (χ1) is 26.0. The number of aliphatic carboxylic acids is 3. The number of nitrogens with zero attached hydrogens (tertiary/aromatic N) is 2. The molecule has 24 heteroatoms. The van der Waals surface area contributed by atoms with E-state index in [0.29, 0.717) is 26.2 Å². The van der Waals surface area contributed by atoms with Crippen LogP contribution >= 0.6 is 0 Å². The topological polar surface area (TPSA) is 445 Å². The lowest BCUT2D eigenvalue weighted by atomic mass is 9.94. The molecule has 0 aromatic heterocycles. The Kier molecular flexibility index (Phi) is 31.4. The number of nitrogens with one attached hydrogen (secondary N) is 2. The van der Waals surface area contributed by atoms with Gasteiger partial charge in [0.05, 0.1) is 73.8 Å². The van der Waals surface area contributed by atoms with Crippen LogP contribution in [0.3, 0.4) is 0 Å². The standard InChI is InChI=1S/2C7H11NO3.2C6H13NO3.C4H6O6.C2H4O2.CH4/c2*1-4-6(9)7(10)5(2-8)3-11-4;2*8-3-4-1-7-2-5(9)6(4)10;5-1(3(7)8)2(6)4(9)10;1-2(3)4;/h2*4-7,9-10H,3H2,1H3;2*4-10H,1-3H2;1-2,5-6H,(H,7,8)(H,9,10);1H3,(H,3,4);1H4/t2*4-,5+,6+,7+;2*4-,5-,6-;1-,2-;;/m00111../s1. The summed E-state index contributed by atoms with van der Waals surface area (Å²) in [7, 11) is 0. The maximum Gasteiger partial charge on any atom is 0.335 e. The van der Waals surface area contributed by atoms with Crippen LogP contribution in [-0.4, -0.2) is 220 Å². The number of ether oxygens (including phenoxy) is 2. The van der Waals surface area contributed by atoms with Gasteiger partial charge >= 0.3 is 11.9 Å². The van der Waals surface area contributed by atoms with E-state index in [2.05, 4.69) is 10.6 Å². The van der Waals surface area contributed by atoms with Crippen molar-refractivity contribution in [3.8, 4) is 12.1 Å². The fraction of sp³-hybridized carbons (Fsp3) is 0.848. The van der Waals surface area contributed by atoms with E-state index in [-0.39, 0.29) is 57.9 Å². The van der Waals surface area contributed by atoms with Crippen molar-refractivity contribution in [2.75, 3.05) is 52.6 Å². The highest BCUT2D eigenvalue weighted by Gasteiger charge is 2.37. The third-order valence-electron chi connectivity index (χ3n) is 8.44. The first-order valence-corrected chi connectivity index (χ1v) is 17.1. The van der Waals surface area contributed by atoms with Crippen molar-refractivity contribution in [1.29, 1.82) is 10.5 Å². The Balaban J connectivity index is -0.000000622. The number of aliphatic hydroxyl groups excluding tert-OH is 12. The minimum absolute atomic E-state index is 0. The maximum absolute atomic E-state index is 9.77. The molecular formula is C33H62N4O20. The smallest absolute Gasteiger partial charge is 0.335 e. The molecule has 17 N–H and O–H groups in total. The van der Waals surface area contributed by atoms with Crippen LogP contribution < -0.4 is 10.6 Å². The lowest BCUT2D eigenvalue weighted by Gasteiger charge is -2.32. The van der Waals surface area contributed by atoms with Crippen LogP contribution in [0, 0.1) is 46.3 Å². The molecule has 0 aromatic carbocycles. The van der Waals surface area contributed by atoms with E-state index in [1.165, 1.54) is 0 Å². The molecule has 4 heterocycles. The lowest BCUT2D eigenvalue weighted by Crippen LogP contribution is -2.51. The van der Waals surface area contributed by atoms with Gasteiger partial charge < -0.3 is 96.7 Å². The minimum Gasteiger partial charge on any atom is -0.481 e. The van der Waals surface area contributed by atoms with E-state index >= 15 is 0 Å². The second kappa shape index (κ2) is 30.8. The number of carboxylic acid groups (broad SMARTS) is 3. The van der Waals surface area contributed by atoms with Gasteiger partial charge in [-0.2, -0.15) is 10.5 Å². The summed E-state index contributed by atoms with van der Waals surface area (Å²) in [5, 5.41) is 153. The number of nitriles is 2. The van der Waals surface area contributed by atoms with Crippen LogP contribution in [0.2, 0.25) is 0 Å². The van der Waals surface area contributed by atoms with Crippen LogP contribution in [0.5, 0.6) is 0 Å². The molecule has 0 spiro atoms. The van der Waals surface area contributed by atoms with Gasteiger partial charge in [-0.25, -0.2) is 9.59 Å². The number of hydrogen-bond acceptors (Lipinski definition) is 21. The molecule has 0 aliphatic carbocycles. The summed E-state index contributed by atoms with van der Waals surface area (Å²) in [6.07, 6.45) is -12.1. The fourth-order valence-corrected chi connectivity index (χ4v) is 4.72. The zero-order valence-electron chi connectivity index (χ0n) is 31.0. The first kappa shape index (κ1) is 58.1. The second-order valence-electron chi connectivity index (χ2n) is 12.9. The lowest BCUT2D eigenvalue weighted by molar-refractivity contribution is -0.165. The van der Waals surface area contributed by atoms with Gasteiger partial charge in [0.2, 0.25) is 0 Å². The summed E-state index contributed by atoms with van der Waals surface area (Å²) in [6.45, 7) is 6.66. The Morgan fingerprint density at radius 3 is 1.11 bits per heavy atom. The van der Waals surface area contributed by atoms with E-state index in [9.17, 15) is 40.2 Å². The van der Waals surface area contributed by atoms with Gasteiger partial charge in [0.25, 0.3) is 5.97 Å². The third-order valence-corrected chi connectivity index (χ3v) is 8.44. The van der Waals surface area contributed by atoms with Crippen molar-refractivity contribution in [3.63, 3.8) is 0 Å². The molecule has 24 nitrogen and oxygen atoms in total. The van der Waals surface area contributed by atoms with Crippen molar-refractivity contribution >= 4 is 17.9 Å². The fourth-order valence-electron chi connectivity index (χ4n) is 4.72. The number of hydrogen-bond donors (Lipinski definition) is 17. The zero-order chi connectivity index (χ0) is 43.9. The summed E-state index contributed by atoms with van der Waals surface area (Å²) in [5.74, 6) is -6.00. The number of piperidine rings is 2. The Morgan fingerprint density at radius 1 is 0.614 bits per heavy atom. The Bertz CT molecular complexity index is 1120. The van der Waals surface area contributed by atoms with Crippen molar-refractivity contribution < 1.29 is 100 Å². The van der Waals surface area contributed by atoms with Gasteiger partial charge in [0.1, 0.15) is 24.4 Å². The average molecular weight is 835 g/mol. The third kappa shape index (κ3) is 21.9. The van der Waals surface area contributed by atoms with Crippen molar-refractivity contribution in [1.82, 2.24) is 10.6 Å². The van der Waals surface area contributed by atoms with Crippen molar-refractivity contribution in [2.24, 2.45) is 23.7 Å².